The van der Waals surface area contributed by atoms with Crippen LogP contribution in [0.4, 0.5) is 10.1 Å². The molecule has 0 aliphatic heterocycles. The van der Waals surface area contributed by atoms with E-state index in [4.69, 9.17) is 5.73 Å². The van der Waals surface area contributed by atoms with Crippen LogP contribution < -0.4 is 11.1 Å². The molecule has 0 saturated carbocycles. The van der Waals surface area contributed by atoms with Crippen molar-refractivity contribution in [1.82, 2.24) is 9.62 Å². The van der Waals surface area contributed by atoms with Crippen molar-refractivity contribution in [2.75, 3.05) is 26.4 Å². The Kier molecular flexibility index (Phi) is 5.30. The highest BCUT2D eigenvalue weighted by Gasteiger charge is 2.27. The number of carbonyl (C=O) groups excluding carboxylic acids is 1. The molecule has 6 nitrogen and oxygen atoms in total. The lowest BCUT2D eigenvalue weighted by molar-refractivity contribution is -0.124. The fraction of sp³-hybridized carbons (Fsp3) is 0.462. The van der Waals surface area contributed by atoms with Gasteiger partial charge in [0.25, 0.3) is 0 Å². The van der Waals surface area contributed by atoms with Crippen LogP contribution in [-0.2, 0) is 14.8 Å². The number of nitrogens with two attached hydrogens (primary N) is 1. The minimum absolute atomic E-state index is 0.0603. The van der Waals surface area contributed by atoms with Gasteiger partial charge in [-0.15, -0.1) is 0 Å². The topological polar surface area (TPSA) is 92.5 Å². The molecule has 0 radical (unpaired) electrons. The number of benzene rings is 1. The van der Waals surface area contributed by atoms with E-state index in [1.165, 1.54) is 14.1 Å². The van der Waals surface area contributed by atoms with E-state index in [1.54, 1.807) is 13.8 Å². The molecule has 0 spiro atoms. The van der Waals surface area contributed by atoms with Gasteiger partial charge in [0.05, 0.1) is 0 Å². The molecule has 1 rings (SSSR count). The van der Waals surface area contributed by atoms with Gasteiger partial charge in [-0.25, -0.2) is 17.1 Å². The van der Waals surface area contributed by atoms with Gasteiger partial charge in [0.2, 0.25) is 15.9 Å². The fourth-order valence-electron chi connectivity index (χ4n) is 1.85. The van der Waals surface area contributed by atoms with Crippen LogP contribution in [0.15, 0.2) is 17.0 Å². The summed E-state index contributed by atoms with van der Waals surface area (Å²) in [6.07, 6.45) is 0. The summed E-state index contributed by atoms with van der Waals surface area (Å²) in [5.41, 5.74) is 6.31. The highest BCUT2D eigenvalue weighted by molar-refractivity contribution is 7.89. The highest BCUT2D eigenvalue weighted by Crippen LogP contribution is 2.24. The molecule has 118 valence electrons. The first-order valence-corrected chi connectivity index (χ1v) is 7.78. The van der Waals surface area contributed by atoms with Gasteiger partial charge in [0, 0.05) is 32.2 Å². The minimum atomic E-state index is -4.05. The molecule has 0 heterocycles. The lowest BCUT2D eigenvalue weighted by Gasteiger charge is -2.21. The summed E-state index contributed by atoms with van der Waals surface area (Å²) in [6.45, 7) is 3.12. The van der Waals surface area contributed by atoms with Crippen LogP contribution in [0.25, 0.3) is 0 Å². The number of hydrogen-bond acceptors (Lipinski definition) is 4. The molecule has 1 aromatic rings. The number of nitrogens with one attached hydrogen (secondary N) is 1. The predicted molar refractivity (Wildman–Crippen MR) is 78.6 cm³/mol. The van der Waals surface area contributed by atoms with E-state index in [9.17, 15) is 17.6 Å². The van der Waals surface area contributed by atoms with Crippen molar-refractivity contribution < 1.29 is 17.6 Å². The number of nitrogen functional groups attached to an aromatic ring is 1. The number of carbonyl (C=O) groups is 1. The average Bonchev–Trinajstić information content (AvgIpc) is 2.41. The zero-order chi connectivity index (χ0) is 16.4. The van der Waals surface area contributed by atoms with Gasteiger partial charge < -0.3 is 11.1 Å². The molecule has 1 aromatic carbocycles. The monoisotopic (exact) mass is 317 g/mol. The van der Waals surface area contributed by atoms with Crippen molar-refractivity contribution in [3.63, 3.8) is 0 Å². The molecule has 8 heteroatoms. The molecule has 21 heavy (non-hydrogen) atoms. The summed E-state index contributed by atoms with van der Waals surface area (Å²) in [5.74, 6) is -1.71. The van der Waals surface area contributed by atoms with Crippen LogP contribution in [0.2, 0.25) is 0 Å². The van der Waals surface area contributed by atoms with Crippen molar-refractivity contribution in [2.45, 2.75) is 18.7 Å². The zero-order valence-corrected chi connectivity index (χ0v) is 13.3. The summed E-state index contributed by atoms with van der Waals surface area (Å²) in [6, 6.07) is 2.18. The molecule has 1 atom stereocenters. The van der Waals surface area contributed by atoms with E-state index >= 15 is 0 Å². The summed E-state index contributed by atoms with van der Waals surface area (Å²) in [4.78, 5) is 11.0. The molecule has 3 N–H and O–H groups in total. The van der Waals surface area contributed by atoms with Crippen molar-refractivity contribution in [3.8, 4) is 0 Å². The molecule has 0 saturated heterocycles. The summed E-state index contributed by atoms with van der Waals surface area (Å²) >= 11 is 0. The first kappa shape index (κ1) is 17.4. The number of nitrogens with zero attached hydrogens (tertiary/aromatic N) is 1. The normalized spacial score (nSPS) is 13.2. The smallest absolute Gasteiger partial charge is 0.245 e. The number of anilines is 1. The molecule has 0 bridgehead atoms. The molecular formula is C13H20FN3O3S. The van der Waals surface area contributed by atoms with Gasteiger partial charge in [-0.2, -0.15) is 0 Å². The second kappa shape index (κ2) is 6.40. The van der Waals surface area contributed by atoms with Crippen molar-refractivity contribution in [2.24, 2.45) is 5.92 Å². The second-order valence-corrected chi connectivity index (χ2v) is 6.95. The van der Waals surface area contributed by atoms with Gasteiger partial charge >= 0.3 is 0 Å². The predicted octanol–water partition coefficient (Wildman–Crippen LogP) is 0.719. The Bertz CT molecular complexity index is 646. The number of amides is 1. The Labute approximate surface area is 124 Å². The Hall–Kier alpha value is -1.67. The average molecular weight is 317 g/mol. The van der Waals surface area contributed by atoms with E-state index in [0.29, 0.717) is 5.56 Å². The van der Waals surface area contributed by atoms with Crippen LogP contribution in [0.3, 0.4) is 0 Å². The van der Waals surface area contributed by atoms with Crippen molar-refractivity contribution in [1.29, 1.82) is 0 Å². The molecule has 0 aromatic heterocycles. The van der Waals surface area contributed by atoms with Crippen LogP contribution in [-0.4, -0.2) is 39.3 Å². The van der Waals surface area contributed by atoms with E-state index in [1.807, 2.05) is 0 Å². The maximum Gasteiger partial charge on any atom is 0.245 e. The highest BCUT2D eigenvalue weighted by atomic mass is 32.2. The summed E-state index contributed by atoms with van der Waals surface area (Å²) in [5, 5.41) is 2.43. The number of rotatable bonds is 5. The lowest BCUT2D eigenvalue weighted by atomic mass is 10.2. The first-order valence-electron chi connectivity index (χ1n) is 6.34. The van der Waals surface area contributed by atoms with Crippen molar-refractivity contribution >= 4 is 21.6 Å². The third-order valence-electron chi connectivity index (χ3n) is 3.23. The summed E-state index contributed by atoms with van der Waals surface area (Å²) in [7, 11) is -1.29. The molecule has 1 amide bonds. The lowest BCUT2D eigenvalue weighted by Crippen LogP contribution is -2.37. The third kappa shape index (κ3) is 3.70. The minimum Gasteiger partial charge on any atom is -0.398 e. The van der Waals surface area contributed by atoms with E-state index < -0.39 is 26.7 Å². The third-order valence-corrected chi connectivity index (χ3v) is 5.07. The van der Waals surface area contributed by atoms with Crippen LogP contribution in [0.5, 0.6) is 0 Å². The number of aryl methyl sites for hydroxylation is 1. The number of halogens is 1. The van der Waals surface area contributed by atoms with E-state index in [-0.39, 0.29) is 18.1 Å². The maximum atomic E-state index is 13.9. The first-order chi connectivity index (χ1) is 9.61. The van der Waals surface area contributed by atoms with Gasteiger partial charge in [-0.1, -0.05) is 6.92 Å². The Morgan fingerprint density at radius 3 is 2.57 bits per heavy atom. The van der Waals surface area contributed by atoms with Crippen LogP contribution >= 0.6 is 0 Å². The van der Waals surface area contributed by atoms with Crippen LogP contribution in [0, 0.1) is 18.7 Å². The van der Waals surface area contributed by atoms with E-state index in [2.05, 4.69) is 5.32 Å². The molecular weight excluding hydrogens is 297 g/mol. The molecule has 0 aliphatic carbocycles. The van der Waals surface area contributed by atoms with Gasteiger partial charge in [0.15, 0.2) is 0 Å². The van der Waals surface area contributed by atoms with Gasteiger partial charge in [0.1, 0.15) is 10.7 Å². The Balaban J connectivity index is 3.11. The Morgan fingerprint density at radius 1 is 1.48 bits per heavy atom. The molecule has 1 unspecified atom stereocenters. The number of sulfonamides is 1. The largest absolute Gasteiger partial charge is 0.398 e. The molecule has 0 fully saturated rings. The molecule has 0 aliphatic rings. The SMILES string of the molecule is CNC(=O)C(C)CN(C)S(=O)(=O)c1cc(N)c(C)cc1F. The zero-order valence-electron chi connectivity index (χ0n) is 12.5. The Morgan fingerprint density at radius 2 is 2.05 bits per heavy atom. The maximum absolute atomic E-state index is 13.9. The number of hydrogen-bond donors (Lipinski definition) is 2. The standard InChI is InChI=1S/C13H20FN3O3S/c1-8-5-10(14)12(6-11(8)15)21(19,20)17(4)7-9(2)13(18)16-3/h5-6,9H,7,15H2,1-4H3,(H,16,18). The van der Waals surface area contributed by atoms with E-state index in [0.717, 1.165) is 16.4 Å². The fourth-order valence-corrected chi connectivity index (χ4v) is 3.18. The van der Waals surface area contributed by atoms with Crippen LogP contribution in [0.1, 0.15) is 12.5 Å². The van der Waals surface area contributed by atoms with Crippen molar-refractivity contribution in [3.05, 3.63) is 23.5 Å². The van der Waals surface area contributed by atoms with Gasteiger partial charge in [-0.05, 0) is 24.6 Å². The van der Waals surface area contributed by atoms with Gasteiger partial charge in [-0.3, -0.25) is 4.79 Å². The summed E-state index contributed by atoms with van der Waals surface area (Å²) < 4.78 is 39.6. The quantitative estimate of drug-likeness (QED) is 0.783. The second-order valence-electron chi connectivity index (χ2n) is 4.94.